The molecule has 0 saturated carbocycles. The highest BCUT2D eigenvalue weighted by atomic mass is 16.3. The van der Waals surface area contributed by atoms with Crippen LogP contribution in [0.4, 0.5) is 0 Å². The third kappa shape index (κ3) is 6.11. The lowest BCUT2D eigenvalue weighted by Crippen LogP contribution is -2.52. The van der Waals surface area contributed by atoms with Crippen molar-refractivity contribution in [1.29, 1.82) is 0 Å². The molecule has 5 heteroatoms. The number of piperazine rings is 1. The Morgan fingerprint density at radius 2 is 1.78 bits per heavy atom. The number of hydrogen-bond donors (Lipinski definition) is 2. The maximum absolute atomic E-state index is 9.28. The predicted octanol–water partition coefficient (Wildman–Crippen LogP) is -0.864. The van der Waals surface area contributed by atoms with E-state index in [-0.39, 0.29) is 12.6 Å². The lowest BCUT2D eigenvalue weighted by molar-refractivity contribution is 0.106. The summed E-state index contributed by atoms with van der Waals surface area (Å²) >= 11 is 0. The van der Waals surface area contributed by atoms with Gasteiger partial charge in [0.2, 0.25) is 0 Å². The fourth-order valence-corrected chi connectivity index (χ4v) is 2.32. The molecule has 0 aromatic heterocycles. The molecule has 2 N–H and O–H groups in total. The molecule has 0 spiro atoms. The van der Waals surface area contributed by atoms with E-state index in [1.54, 1.807) is 0 Å². The van der Waals surface area contributed by atoms with Crippen LogP contribution in [0.5, 0.6) is 0 Å². The van der Waals surface area contributed by atoms with Gasteiger partial charge >= 0.3 is 0 Å². The first-order chi connectivity index (χ1) is 8.65. The lowest BCUT2D eigenvalue weighted by Gasteiger charge is -2.36. The molecule has 0 aromatic carbocycles. The molecule has 0 amide bonds. The summed E-state index contributed by atoms with van der Waals surface area (Å²) in [6.07, 6.45) is 0. The van der Waals surface area contributed by atoms with Gasteiger partial charge in [0.05, 0.1) is 6.61 Å². The monoisotopic (exact) mass is 258 g/mol. The first-order valence-electron chi connectivity index (χ1n) is 7.09. The molecule has 1 heterocycles. The van der Waals surface area contributed by atoms with Crippen LogP contribution in [-0.4, -0.2) is 98.9 Å². The average molecular weight is 258 g/mol. The van der Waals surface area contributed by atoms with Crippen molar-refractivity contribution in [1.82, 2.24) is 20.0 Å². The maximum Gasteiger partial charge on any atom is 0.0597 e. The average Bonchev–Trinajstić information content (AvgIpc) is 2.37. The zero-order valence-corrected chi connectivity index (χ0v) is 12.2. The summed E-state index contributed by atoms with van der Waals surface area (Å²) in [5, 5.41) is 12.6. The van der Waals surface area contributed by atoms with E-state index in [1.165, 1.54) is 0 Å². The summed E-state index contributed by atoms with van der Waals surface area (Å²) in [5.74, 6) is 0. The number of rotatable bonds is 8. The van der Waals surface area contributed by atoms with Crippen LogP contribution in [0.15, 0.2) is 0 Å². The SMILES string of the molecule is CCNC(CO)CN1CCN(CCN(C)C)CC1. The molecule has 108 valence electrons. The number of aliphatic hydroxyl groups excluding tert-OH is 1. The van der Waals surface area contributed by atoms with E-state index in [4.69, 9.17) is 0 Å². The Balaban J connectivity index is 2.18. The van der Waals surface area contributed by atoms with Gasteiger partial charge in [0.25, 0.3) is 0 Å². The van der Waals surface area contributed by atoms with Gasteiger partial charge in [-0.2, -0.15) is 0 Å². The minimum absolute atomic E-state index is 0.225. The van der Waals surface area contributed by atoms with Gasteiger partial charge < -0.3 is 15.3 Å². The summed E-state index contributed by atoms with van der Waals surface area (Å²) in [6, 6.07) is 0.225. The largest absolute Gasteiger partial charge is 0.395 e. The molecule has 1 saturated heterocycles. The second-order valence-corrected chi connectivity index (χ2v) is 5.38. The van der Waals surface area contributed by atoms with Crippen LogP contribution >= 0.6 is 0 Å². The van der Waals surface area contributed by atoms with Crippen LogP contribution < -0.4 is 5.32 Å². The number of nitrogens with one attached hydrogen (secondary N) is 1. The number of aliphatic hydroxyl groups is 1. The second-order valence-electron chi connectivity index (χ2n) is 5.38. The summed E-state index contributed by atoms with van der Waals surface area (Å²) in [4.78, 5) is 7.22. The van der Waals surface area contributed by atoms with E-state index in [1.807, 2.05) is 0 Å². The Labute approximate surface area is 112 Å². The summed E-state index contributed by atoms with van der Waals surface area (Å²) < 4.78 is 0. The second kappa shape index (κ2) is 8.82. The number of nitrogens with zero attached hydrogens (tertiary/aromatic N) is 3. The first kappa shape index (κ1) is 15.9. The van der Waals surface area contributed by atoms with Crippen LogP contribution in [0, 0.1) is 0 Å². The fourth-order valence-electron chi connectivity index (χ4n) is 2.32. The van der Waals surface area contributed by atoms with Crippen LogP contribution in [0.1, 0.15) is 6.92 Å². The van der Waals surface area contributed by atoms with Gasteiger partial charge in [-0.3, -0.25) is 9.80 Å². The van der Waals surface area contributed by atoms with E-state index < -0.39 is 0 Å². The topological polar surface area (TPSA) is 42.0 Å². The van der Waals surface area contributed by atoms with Crippen LogP contribution in [0.25, 0.3) is 0 Å². The standard InChI is InChI=1S/C13H30N4O/c1-4-14-13(12-18)11-17-9-7-16(8-10-17)6-5-15(2)3/h13-14,18H,4-12H2,1-3H3. The van der Waals surface area contributed by atoms with Crippen molar-refractivity contribution in [3.63, 3.8) is 0 Å². The minimum Gasteiger partial charge on any atom is -0.395 e. The van der Waals surface area contributed by atoms with Crippen molar-refractivity contribution in [3.05, 3.63) is 0 Å². The quantitative estimate of drug-likeness (QED) is 0.593. The first-order valence-corrected chi connectivity index (χ1v) is 7.09. The molecule has 1 atom stereocenters. The summed E-state index contributed by atoms with van der Waals surface area (Å²) in [7, 11) is 4.25. The molecule has 0 aliphatic carbocycles. The van der Waals surface area contributed by atoms with Gasteiger partial charge in [-0.25, -0.2) is 0 Å². The van der Waals surface area contributed by atoms with Crippen LogP contribution in [0.2, 0.25) is 0 Å². The summed E-state index contributed by atoms with van der Waals surface area (Å²) in [5.41, 5.74) is 0. The molecular formula is C13H30N4O. The van der Waals surface area contributed by atoms with E-state index in [0.29, 0.717) is 0 Å². The zero-order chi connectivity index (χ0) is 13.4. The Hall–Kier alpha value is -0.200. The van der Waals surface area contributed by atoms with Crippen molar-refractivity contribution < 1.29 is 5.11 Å². The zero-order valence-electron chi connectivity index (χ0n) is 12.2. The Morgan fingerprint density at radius 1 is 1.17 bits per heavy atom. The maximum atomic E-state index is 9.28. The Kier molecular flexibility index (Phi) is 7.77. The minimum atomic E-state index is 0.225. The highest BCUT2D eigenvalue weighted by Gasteiger charge is 2.19. The lowest BCUT2D eigenvalue weighted by atomic mass is 10.2. The molecule has 0 aromatic rings. The Bertz CT molecular complexity index is 205. The normalized spacial score (nSPS) is 20.5. The number of likely N-dealkylation sites (N-methyl/N-ethyl adjacent to an activating group) is 2. The fraction of sp³-hybridized carbons (Fsp3) is 1.00. The smallest absolute Gasteiger partial charge is 0.0597 e. The van der Waals surface area contributed by atoms with E-state index in [2.05, 4.69) is 41.0 Å². The van der Waals surface area contributed by atoms with Gasteiger partial charge in [-0.15, -0.1) is 0 Å². The van der Waals surface area contributed by atoms with E-state index in [9.17, 15) is 5.11 Å². The van der Waals surface area contributed by atoms with Crippen molar-refractivity contribution >= 4 is 0 Å². The van der Waals surface area contributed by atoms with Gasteiger partial charge in [0.15, 0.2) is 0 Å². The Morgan fingerprint density at radius 3 is 2.28 bits per heavy atom. The van der Waals surface area contributed by atoms with Crippen molar-refractivity contribution in [2.24, 2.45) is 0 Å². The molecule has 1 aliphatic heterocycles. The van der Waals surface area contributed by atoms with E-state index >= 15 is 0 Å². The van der Waals surface area contributed by atoms with Gasteiger partial charge in [0, 0.05) is 51.9 Å². The molecular weight excluding hydrogens is 228 g/mol. The van der Waals surface area contributed by atoms with Gasteiger partial charge in [-0.1, -0.05) is 6.92 Å². The van der Waals surface area contributed by atoms with Gasteiger partial charge in [-0.05, 0) is 20.6 Å². The van der Waals surface area contributed by atoms with Crippen LogP contribution in [0.3, 0.4) is 0 Å². The molecule has 1 unspecified atom stereocenters. The molecule has 1 rings (SSSR count). The van der Waals surface area contributed by atoms with Crippen molar-refractivity contribution in [2.75, 3.05) is 73.1 Å². The highest BCUT2D eigenvalue weighted by molar-refractivity contribution is 4.77. The predicted molar refractivity (Wildman–Crippen MR) is 76.0 cm³/mol. The molecule has 18 heavy (non-hydrogen) atoms. The molecule has 5 nitrogen and oxygen atoms in total. The molecule has 1 fully saturated rings. The van der Waals surface area contributed by atoms with E-state index in [0.717, 1.165) is 52.4 Å². The molecule has 0 radical (unpaired) electrons. The van der Waals surface area contributed by atoms with Crippen molar-refractivity contribution in [3.8, 4) is 0 Å². The molecule has 0 bridgehead atoms. The number of hydrogen-bond acceptors (Lipinski definition) is 5. The third-order valence-corrected chi connectivity index (χ3v) is 3.52. The van der Waals surface area contributed by atoms with Gasteiger partial charge in [0.1, 0.15) is 0 Å². The summed E-state index contributed by atoms with van der Waals surface area (Å²) in [6.45, 7) is 11.0. The van der Waals surface area contributed by atoms with Crippen molar-refractivity contribution in [2.45, 2.75) is 13.0 Å². The highest BCUT2D eigenvalue weighted by Crippen LogP contribution is 2.02. The van der Waals surface area contributed by atoms with Crippen LogP contribution in [-0.2, 0) is 0 Å². The third-order valence-electron chi connectivity index (χ3n) is 3.52. The molecule has 1 aliphatic rings.